The number of nitrogens with zero attached hydrogens (tertiary/aromatic N) is 1. The van der Waals surface area contributed by atoms with Gasteiger partial charge in [0, 0.05) is 11.6 Å². The molecule has 5 heteroatoms. The number of hydrogen-bond donors (Lipinski definition) is 0. The molecule has 0 spiro atoms. The molecule has 0 N–H and O–H groups in total. The van der Waals surface area contributed by atoms with E-state index in [0.29, 0.717) is 0 Å². The Morgan fingerprint density at radius 2 is 1.71 bits per heavy atom. The first-order chi connectivity index (χ1) is 6.74. The topological polar surface area (TPSA) is 12.9 Å². The highest BCUT2D eigenvalue weighted by molar-refractivity contribution is 9.11. The van der Waals surface area contributed by atoms with Crippen molar-refractivity contribution in [1.29, 1.82) is 0 Å². The highest BCUT2D eigenvalue weighted by Crippen LogP contribution is 2.39. The van der Waals surface area contributed by atoms with Crippen LogP contribution in [0, 0.1) is 0 Å². The second-order valence-corrected chi connectivity index (χ2v) is 7.72. The summed E-state index contributed by atoms with van der Waals surface area (Å²) in [5.41, 5.74) is 1.07. The van der Waals surface area contributed by atoms with Crippen LogP contribution in [0.1, 0.15) is 0 Å². The number of fused-ring (bicyclic) bond motifs is 3. The lowest BCUT2D eigenvalue weighted by molar-refractivity contribution is 1.46. The predicted molar refractivity (Wildman–Crippen MR) is 70.4 cm³/mol. The molecule has 0 radical (unpaired) electrons. The van der Waals surface area contributed by atoms with Gasteiger partial charge in [0.1, 0.15) is 0 Å². The Balaban J connectivity index is 2.58. The fourth-order valence-corrected chi connectivity index (χ4v) is 4.68. The third-order valence-corrected chi connectivity index (χ3v) is 5.41. The van der Waals surface area contributed by atoms with Gasteiger partial charge in [0.15, 0.2) is 0 Å². The largest absolute Gasteiger partial charge is 0.255 e. The normalized spacial score (nSPS) is 11.6. The quantitative estimate of drug-likeness (QED) is 0.554. The fraction of sp³-hybridized carbons (Fsp3) is 0. The molecule has 0 aliphatic rings. The summed E-state index contributed by atoms with van der Waals surface area (Å²) in [6, 6.07) is 4.17. The molecular weight excluding hydrogens is 346 g/mol. The summed E-state index contributed by atoms with van der Waals surface area (Å²) in [6.45, 7) is 0. The van der Waals surface area contributed by atoms with Crippen LogP contribution < -0.4 is 0 Å². The molecule has 3 aromatic heterocycles. The van der Waals surface area contributed by atoms with E-state index in [2.05, 4.69) is 49.0 Å². The SMILES string of the molecule is Brc1cc2cnc3cc(Br)sc3c2s1. The molecule has 0 aromatic carbocycles. The summed E-state index contributed by atoms with van der Waals surface area (Å²) in [5, 5.41) is 1.21. The van der Waals surface area contributed by atoms with Crippen molar-refractivity contribution in [2.24, 2.45) is 0 Å². The summed E-state index contributed by atoms with van der Waals surface area (Å²) in [7, 11) is 0. The first-order valence-corrected chi connectivity index (χ1v) is 7.09. The third kappa shape index (κ3) is 1.34. The van der Waals surface area contributed by atoms with Gasteiger partial charge in [-0.05, 0) is 44.0 Å². The van der Waals surface area contributed by atoms with Crippen LogP contribution in [-0.4, -0.2) is 4.98 Å². The second kappa shape index (κ2) is 3.27. The van der Waals surface area contributed by atoms with Crippen LogP contribution in [0.15, 0.2) is 25.9 Å². The molecule has 70 valence electrons. The first kappa shape index (κ1) is 9.27. The Morgan fingerprint density at radius 1 is 1.00 bits per heavy atom. The number of aromatic nitrogens is 1. The van der Waals surface area contributed by atoms with Crippen molar-refractivity contribution >= 4 is 74.8 Å². The predicted octanol–water partition coefficient (Wildman–Crippen LogP) is 5.04. The van der Waals surface area contributed by atoms with Crippen LogP contribution in [0.3, 0.4) is 0 Å². The van der Waals surface area contributed by atoms with Crippen LogP contribution in [0.5, 0.6) is 0 Å². The van der Waals surface area contributed by atoms with Crippen LogP contribution in [0.2, 0.25) is 0 Å². The maximum Gasteiger partial charge on any atom is 0.0836 e. The average Bonchev–Trinajstić information content (AvgIpc) is 2.65. The van der Waals surface area contributed by atoms with Crippen molar-refractivity contribution in [2.75, 3.05) is 0 Å². The van der Waals surface area contributed by atoms with E-state index in [0.717, 1.165) is 13.1 Å². The molecule has 0 amide bonds. The maximum atomic E-state index is 4.41. The van der Waals surface area contributed by atoms with E-state index in [1.54, 1.807) is 22.7 Å². The molecule has 0 aliphatic carbocycles. The van der Waals surface area contributed by atoms with E-state index in [1.807, 2.05) is 6.20 Å². The smallest absolute Gasteiger partial charge is 0.0836 e. The summed E-state index contributed by atoms with van der Waals surface area (Å²) < 4.78 is 4.88. The Labute approximate surface area is 105 Å². The molecule has 0 saturated carbocycles. The van der Waals surface area contributed by atoms with Crippen LogP contribution in [0.25, 0.3) is 20.3 Å². The fourth-order valence-electron chi connectivity index (χ4n) is 1.40. The Morgan fingerprint density at radius 3 is 2.57 bits per heavy atom. The van der Waals surface area contributed by atoms with Gasteiger partial charge in [0.2, 0.25) is 0 Å². The monoisotopic (exact) mass is 347 g/mol. The number of thiophene rings is 2. The van der Waals surface area contributed by atoms with E-state index < -0.39 is 0 Å². The molecule has 0 unspecified atom stereocenters. The van der Waals surface area contributed by atoms with Crippen molar-refractivity contribution in [2.45, 2.75) is 0 Å². The molecule has 0 bridgehead atoms. The van der Waals surface area contributed by atoms with Gasteiger partial charge in [-0.1, -0.05) is 0 Å². The summed E-state index contributed by atoms with van der Waals surface area (Å²) in [6.07, 6.45) is 1.93. The van der Waals surface area contributed by atoms with Gasteiger partial charge in [-0.15, -0.1) is 22.7 Å². The lowest BCUT2D eigenvalue weighted by atomic mass is 10.3. The summed E-state index contributed by atoms with van der Waals surface area (Å²) >= 11 is 10.5. The van der Waals surface area contributed by atoms with Crippen molar-refractivity contribution in [1.82, 2.24) is 4.98 Å². The molecule has 0 atom stereocenters. The zero-order valence-corrected chi connectivity index (χ0v) is 11.6. The van der Waals surface area contributed by atoms with Crippen LogP contribution in [0.4, 0.5) is 0 Å². The number of rotatable bonds is 0. The Kier molecular flexibility index (Phi) is 2.16. The highest BCUT2D eigenvalue weighted by atomic mass is 79.9. The maximum absolute atomic E-state index is 4.41. The zero-order chi connectivity index (χ0) is 9.71. The summed E-state index contributed by atoms with van der Waals surface area (Å²) in [4.78, 5) is 4.41. The van der Waals surface area contributed by atoms with Gasteiger partial charge in [-0.3, -0.25) is 4.98 Å². The van der Waals surface area contributed by atoms with Gasteiger partial charge in [-0.25, -0.2) is 0 Å². The molecule has 0 saturated heterocycles. The Hall–Kier alpha value is 0.0300. The number of halogens is 2. The molecule has 1 nitrogen and oxygen atoms in total. The molecule has 0 aliphatic heterocycles. The number of hydrogen-bond acceptors (Lipinski definition) is 3. The minimum atomic E-state index is 1.07. The standard InChI is InChI=1S/C9H3Br2NS2/c10-6-1-4-3-12-5-2-7(11)14-9(5)8(4)13-6/h1-3H. The van der Waals surface area contributed by atoms with Gasteiger partial charge in [0.05, 0.1) is 22.5 Å². The lowest BCUT2D eigenvalue weighted by Crippen LogP contribution is -1.70. The van der Waals surface area contributed by atoms with Gasteiger partial charge in [0.25, 0.3) is 0 Å². The van der Waals surface area contributed by atoms with Gasteiger partial charge >= 0.3 is 0 Å². The first-order valence-electron chi connectivity index (χ1n) is 3.87. The van der Waals surface area contributed by atoms with E-state index in [1.165, 1.54) is 14.8 Å². The molecular formula is C9H3Br2NS2. The average molecular weight is 349 g/mol. The van der Waals surface area contributed by atoms with Crippen LogP contribution in [-0.2, 0) is 0 Å². The zero-order valence-electron chi connectivity index (χ0n) is 6.75. The second-order valence-electron chi connectivity index (χ2n) is 2.86. The Bertz CT molecular complexity index is 571. The minimum absolute atomic E-state index is 1.07. The molecule has 3 rings (SSSR count). The van der Waals surface area contributed by atoms with Crippen molar-refractivity contribution in [3.05, 3.63) is 25.9 Å². The summed E-state index contributed by atoms with van der Waals surface area (Å²) in [5.74, 6) is 0. The third-order valence-electron chi connectivity index (χ3n) is 1.96. The van der Waals surface area contributed by atoms with Crippen molar-refractivity contribution in [3.8, 4) is 0 Å². The van der Waals surface area contributed by atoms with E-state index in [-0.39, 0.29) is 0 Å². The number of pyridine rings is 1. The van der Waals surface area contributed by atoms with E-state index in [4.69, 9.17) is 0 Å². The van der Waals surface area contributed by atoms with E-state index >= 15 is 0 Å². The van der Waals surface area contributed by atoms with Crippen molar-refractivity contribution in [3.63, 3.8) is 0 Å². The molecule has 3 heterocycles. The van der Waals surface area contributed by atoms with Crippen LogP contribution >= 0.6 is 54.5 Å². The lowest BCUT2D eigenvalue weighted by Gasteiger charge is -1.89. The van der Waals surface area contributed by atoms with Gasteiger partial charge in [-0.2, -0.15) is 0 Å². The van der Waals surface area contributed by atoms with Crippen molar-refractivity contribution < 1.29 is 0 Å². The highest BCUT2D eigenvalue weighted by Gasteiger charge is 2.08. The molecule has 14 heavy (non-hydrogen) atoms. The van der Waals surface area contributed by atoms with Gasteiger partial charge < -0.3 is 0 Å². The molecule has 0 fully saturated rings. The van der Waals surface area contributed by atoms with E-state index in [9.17, 15) is 0 Å². The minimum Gasteiger partial charge on any atom is -0.255 e. The molecule has 3 aromatic rings.